The van der Waals surface area contributed by atoms with Gasteiger partial charge in [0.1, 0.15) is 0 Å². The average Bonchev–Trinajstić information content (AvgIpc) is 3.44. The van der Waals surface area contributed by atoms with Gasteiger partial charge < -0.3 is 28.8 Å². The molecule has 3 aromatic rings. The van der Waals surface area contributed by atoms with Crippen LogP contribution in [0.25, 0.3) is 24.3 Å². The van der Waals surface area contributed by atoms with Gasteiger partial charge >= 0.3 is 0 Å². The molecule has 0 spiro atoms. The van der Waals surface area contributed by atoms with Crippen LogP contribution in [0.15, 0.2) is 60.7 Å². The lowest BCUT2D eigenvalue weighted by atomic mass is 9.90. The van der Waals surface area contributed by atoms with E-state index in [1.165, 1.54) is 152 Å². The Morgan fingerprint density at radius 2 is 0.718 bits per heavy atom. The average molecular weight is 1080 g/mol. The lowest BCUT2D eigenvalue weighted by Crippen LogP contribution is -2.10. The topological polar surface area (TPSA) is 66.4 Å². The Bertz CT molecular complexity index is 1900. The zero-order valence-corrected chi connectivity index (χ0v) is 51.5. The van der Waals surface area contributed by atoms with Gasteiger partial charge in [0.05, 0.1) is 19.3 Å². The SMILES string of the molecule is CCCCCCCCOCCC(C)CCOc1ccc(C=Cc2ccc(C=Cc3ccc(C(O)CC(C)CCOCCCCCCCC)c(CCCCCCCC)c3)cc2)cc1OCCC(C)CCOCCCCCCCC. The standard InChI is InChI=1S/C72H118O6/c1-8-12-16-20-24-28-32-68-59-66(41-43-69(68)70(73)58-63(7)47-55-76-52-31-27-23-19-15-11-4)39-37-64-33-35-65(36-34-64)38-40-67-42-44-71(77-56-48-61(5)45-53-74-50-29-25-21-17-13-9-2)72(60-67)78-57-49-62(6)46-54-75-51-30-26-22-18-14-10-3/h33-44,59-63,70,73H,8-32,45-58H2,1-7H3. The summed E-state index contributed by atoms with van der Waals surface area (Å²) in [5, 5.41) is 11.6. The molecule has 0 aliphatic heterocycles. The first-order valence-electron chi connectivity index (χ1n) is 32.7. The molecule has 3 rings (SSSR count). The maximum Gasteiger partial charge on any atom is 0.161 e. The second-order valence-corrected chi connectivity index (χ2v) is 23.4. The number of hydrogen-bond acceptors (Lipinski definition) is 6. The van der Waals surface area contributed by atoms with Crippen LogP contribution in [0.4, 0.5) is 0 Å². The lowest BCUT2D eigenvalue weighted by Gasteiger charge is -2.20. The zero-order chi connectivity index (χ0) is 55.9. The third-order valence-electron chi connectivity index (χ3n) is 15.7. The monoisotopic (exact) mass is 1080 g/mol. The fourth-order valence-electron chi connectivity index (χ4n) is 10.1. The van der Waals surface area contributed by atoms with Gasteiger partial charge in [0.25, 0.3) is 0 Å². The number of hydrogen-bond donors (Lipinski definition) is 1. The summed E-state index contributed by atoms with van der Waals surface area (Å²) in [6.07, 6.45) is 46.0. The normalized spacial score (nSPS) is 13.4. The molecule has 1 N–H and O–H groups in total. The molecule has 0 aliphatic carbocycles. The van der Waals surface area contributed by atoms with Gasteiger partial charge in [-0.2, -0.15) is 0 Å². The lowest BCUT2D eigenvalue weighted by molar-refractivity contribution is 0.0998. The van der Waals surface area contributed by atoms with E-state index >= 15 is 0 Å². The van der Waals surface area contributed by atoms with Gasteiger partial charge in [-0.1, -0.05) is 250 Å². The van der Waals surface area contributed by atoms with Crippen LogP contribution in [0.2, 0.25) is 0 Å². The molecule has 4 unspecified atom stereocenters. The van der Waals surface area contributed by atoms with Crippen molar-refractivity contribution >= 4 is 24.3 Å². The van der Waals surface area contributed by atoms with Crippen molar-refractivity contribution in [3.8, 4) is 11.5 Å². The maximum absolute atomic E-state index is 11.6. The van der Waals surface area contributed by atoms with Crippen LogP contribution in [0.5, 0.6) is 11.5 Å². The molecule has 3 aromatic carbocycles. The quantitative estimate of drug-likeness (QED) is 0.0449. The molecule has 4 atom stereocenters. The van der Waals surface area contributed by atoms with E-state index in [4.69, 9.17) is 23.7 Å². The molecular weight excluding hydrogens is 961 g/mol. The number of aliphatic hydroxyl groups excluding tert-OH is 1. The van der Waals surface area contributed by atoms with Gasteiger partial charge in [-0.05, 0) is 134 Å². The minimum Gasteiger partial charge on any atom is -0.490 e. The molecule has 0 aliphatic rings. The maximum atomic E-state index is 11.6. The third-order valence-corrected chi connectivity index (χ3v) is 15.7. The van der Waals surface area contributed by atoms with E-state index in [1.807, 2.05) is 0 Å². The molecule has 6 nitrogen and oxygen atoms in total. The van der Waals surface area contributed by atoms with E-state index in [0.717, 1.165) is 131 Å². The number of rotatable bonds is 52. The minimum absolute atomic E-state index is 0.398. The molecule has 6 heteroatoms. The zero-order valence-electron chi connectivity index (χ0n) is 51.5. The molecule has 0 saturated carbocycles. The number of aryl methyl sites for hydroxylation is 1. The largest absolute Gasteiger partial charge is 0.490 e. The van der Waals surface area contributed by atoms with Crippen LogP contribution in [-0.2, 0) is 20.6 Å². The highest BCUT2D eigenvalue weighted by atomic mass is 16.5. The Labute approximate surface area is 480 Å². The predicted molar refractivity (Wildman–Crippen MR) is 338 cm³/mol. The van der Waals surface area contributed by atoms with E-state index in [2.05, 4.69) is 133 Å². The van der Waals surface area contributed by atoms with Gasteiger partial charge in [0.2, 0.25) is 0 Å². The van der Waals surface area contributed by atoms with Gasteiger partial charge in [0.15, 0.2) is 11.5 Å². The highest BCUT2D eigenvalue weighted by Gasteiger charge is 2.17. The van der Waals surface area contributed by atoms with E-state index < -0.39 is 6.10 Å². The fourth-order valence-corrected chi connectivity index (χ4v) is 10.1. The summed E-state index contributed by atoms with van der Waals surface area (Å²) in [5.41, 5.74) is 6.96. The van der Waals surface area contributed by atoms with Crippen LogP contribution in [0, 0.1) is 17.8 Å². The smallest absolute Gasteiger partial charge is 0.161 e. The molecule has 0 saturated heterocycles. The molecule has 0 aromatic heterocycles. The van der Waals surface area contributed by atoms with E-state index in [-0.39, 0.29) is 0 Å². The van der Waals surface area contributed by atoms with Gasteiger partial charge in [-0.3, -0.25) is 0 Å². The van der Waals surface area contributed by atoms with Crippen LogP contribution in [0.3, 0.4) is 0 Å². The van der Waals surface area contributed by atoms with Gasteiger partial charge in [0, 0.05) is 39.6 Å². The number of ether oxygens (including phenoxy) is 5. The Morgan fingerprint density at radius 3 is 1.19 bits per heavy atom. The molecule has 78 heavy (non-hydrogen) atoms. The molecule has 0 radical (unpaired) electrons. The number of benzene rings is 3. The van der Waals surface area contributed by atoms with Crippen molar-refractivity contribution in [1.82, 2.24) is 0 Å². The van der Waals surface area contributed by atoms with Crippen molar-refractivity contribution in [3.63, 3.8) is 0 Å². The van der Waals surface area contributed by atoms with Crippen molar-refractivity contribution in [3.05, 3.63) is 94.0 Å². The summed E-state index contributed by atoms with van der Waals surface area (Å²) in [6, 6.07) is 21.8. The van der Waals surface area contributed by atoms with E-state index in [9.17, 15) is 5.11 Å². The summed E-state index contributed by atoms with van der Waals surface area (Å²) in [5.74, 6) is 3.07. The molecule has 0 amide bonds. The summed E-state index contributed by atoms with van der Waals surface area (Å²) < 4.78 is 31.0. The first-order valence-corrected chi connectivity index (χ1v) is 32.7. The van der Waals surface area contributed by atoms with Crippen LogP contribution in [-0.4, -0.2) is 58.0 Å². The minimum atomic E-state index is -0.462. The van der Waals surface area contributed by atoms with Crippen molar-refractivity contribution in [1.29, 1.82) is 0 Å². The summed E-state index contributed by atoms with van der Waals surface area (Å²) in [6.45, 7) is 22.3. The second kappa shape index (κ2) is 47.2. The van der Waals surface area contributed by atoms with Crippen LogP contribution >= 0.6 is 0 Å². The first-order chi connectivity index (χ1) is 38.3. The molecule has 442 valence electrons. The fraction of sp³-hybridized carbons (Fsp3) is 0.694. The van der Waals surface area contributed by atoms with Crippen LogP contribution in [0.1, 0.15) is 281 Å². The van der Waals surface area contributed by atoms with Crippen molar-refractivity contribution in [2.24, 2.45) is 17.8 Å². The molecule has 0 heterocycles. The Hall–Kier alpha value is -3.42. The second-order valence-electron chi connectivity index (χ2n) is 23.4. The van der Waals surface area contributed by atoms with Crippen molar-refractivity contribution < 1.29 is 28.8 Å². The van der Waals surface area contributed by atoms with E-state index in [1.54, 1.807) is 0 Å². The summed E-state index contributed by atoms with van der Waals surface area (Å²) >= 11 is 0. The van der Waals surface area contributed by atoms with E-state index in [0.29, 0.717) is 31.0 Å². The Balaban J connectivity index is 1.60. The highest BCUT2D eigenvalue weighted by molar-refractivity contribution is 5.74. The van der Waals surface area contributed by atoms with Crippen LogP contribution < -0.4 is 9.47 Å². The van der Waals surface area contributed by atoms with Gasteiger partial charge in [-0.15, -0.1) is 0 Å². The Morgan fingerprint density at radius 1 is 0.359 bits per heavy atom. The number of unbranched alkanes of at least 4 members (excludes halogenated alkanes) is 20. The Kier molecular flexibility index (Phi) is 41.7. The predicted octanol–water partition coefficient (Wildman–Crippen LogP) is 21.1. The summed E-state index contributed by atoms with van der Waals surface area (Å²) in [4.78, 5) is 0. The number of aliphatic hydroxyl groups is 1. The molecule has 0 bridgehead atoms. The first kappa shape index (κ1) is 68.9. The molecule has 0 fully saturated rings. The highest BCUT2D eigenvalue weighted by Crippen LogP contribution is 2.32. The van der Waals surface area contributed by atoms with Crippen molar-refractivity contribution in [2.75, 3.05) is 52.9 Å². The van der Waals surface area contributed by atoms with Crippen molar-refractivity contribution in [2.45, 2.75) is 254 Å². The third kappa shape index (κ3) is 34.7. The molecular formula is C72H118O6. The summed E-state index contributed by atoms with van der Waals surface area (Å²) in [7, 11) is 0. The van der Waals surface area contributed by atoms with Gasteiger partial charge in [-0.25, -0.2) is 0 Å².